The zero-order valence-corrected chi connectivity index (χ0v) is 16.0. The van der Waals surface area contributed by atoms with Crippen molar-refractivity contribution in [3.8, 4) is 22.3 Å². The lowest BCUT2D eigenvalue weighted by atomic mass is 9.95. The Bertz CT molecular complexity index is 1190. The first-order valence-corrected chi connectivity index (χ1v) is 8.83. The number of nitrogens with one attached hydrogen (secondary N) is 1. The van der Waals surface area contributed by atoms with Crippen LogP contribution in [0.2, 0.25) is 5.02 Å². The Balaban J connectivity index is 2.05. The fraction of sp³-hybridized carbons (Fsp3) is 0.200. The Morgan fingerprint density at radius 2 is 1.79 bits per heavy atom. The molecule has 2 aromatic carbocycles. The van der Waals surface area contributed by atoms with Gasteiger partial charge in [0.15, 0.2) is 0 Å². The molecule has 2 heterocycles. The molecule has 0 amide bonds. The minimum atomic E-state index is -4.47. The summed E-state index contributed by atoms with van der Waals surface area (Å²) in [4.78, 5) is 7.60. The average molecular weight is 406 g/mol. The summed E-state index contributed by atoms with van der Waals surface area (Å²) in [5, 5.41) is 4.18. The molecule has 0 bridgehead atoms. The van der Waals surface area contributed by atoms with E-state index in [2.05, 4.69) is 15.1 Å². The van der Waals surface area contributed by atoms with Crippen molar-refractivity contribution in [2.24, 2.45) is 0 Å². The molecule has 4 rings (SSSR count). The van der Waals surface area contributed by atoms with Gasteiger partial charge in [-0.2, -0.15) is 13.2 Å². The molecular formula is C20H15ClF3N3O. The maximum Gasteiger partial charge on any atom is 0.416 e. The third-order valence-electron chi connectivity index (χ3n) is 4.61. The van der Waals surface area contributed by atoms with Crippen molar-refractivity contribution in [1.29, 1.82) is 0 Å². The number of rotatable bonds is 2. The molecule has 2 aromatic heterocycles. The van der Waals surface area contributed by atoms with Crippen molar-refractivity contribution in [3.05, 3.63) is 58.2 Å². The van der Waals surface area contributed by atoms with Crippen molar-refractivity contribution >= 4 is 22.6 Å². The number of aromatic amines is 1. The smallest absolute Gasteiger partial charge is 0.361 e. The van der Waals surface area contributed by atoms with Crippen LogP contribution in [0.1, 0.15) is 22.8 Å². The number of nitrogens with zero attached hydrogens (tertiary/aromatic N) is 2. The standard InChI is InChI=1S/C20H15ClF3N3O/c1-9-18(10(2)28-27-9)12-6-15(19-17(7-12)25-11(3)26-19)14-8-13(20(22,23)24)4-5-16(14)21/h4-8H,1-3H3,(H,25,26). The normalized spacial score (nSPS) is 12.1. The van der Waals surface area contributed by atoms with Gasteiger partial charge in [-0.15, -0.1) is 0 Å². The predicted octanol–water partition coefficient (Wildman–Crippen LogP) is 6.48. The molecule has 0 spiro atoms. The van der Waals surface area contributed by atoms with Gasteiger partial charge >= 0.3 is 6.18 Å². The summed E-state index contributed by atoms with van der Waals surface area (Å²) in [5.74, 6) is 1.27. The third kappa shape index (κ3) is 3.05. The lowest BCUT2D eigenvalue weighted by Gasteiger charge is -2.12. The summed E-state index contributed by atoms with van der Waals surface area (Å²) in [7, 11) is 0. The summed E-state index contributed by atoms with van der Waals surface area (Å²) in [6.07, 6.45) is -4.47. The van der Waals surface area contributed by atoms with Gasteiger partial charge in [-0.25, -0.2) is 4.98 Å². The Morgan fingerprint density at radius 3 is 2.43 bits per heavy atom. The average Bonchev–Trinajstić information content (AvgIpc) is 3.14. The van der Waals surface area contributed by atoms with E-state index in [1.807, 2.05) is 13.0 Å². The van der Waals surface area contributed by atoms with Crippen molar-refractivity contribution < 1.29 is 17.7 Å². The lowest BCUT2D eigenvalue weighted by molar-refractivity contribution is -0.137. The molecule has 28 heavy (non-hydrogen) atoms. The van der Waals surface area contributed by atoms with Gasteiger partial charge in [0, 0.05) is 21.7 Å². The highest BCUT2D eigenvalue weighted by Crippen LogP contribution is 2.40. The van der Waals surface area contributed by atoms with Crippen molar-refractivity contribution in [2.45, 2.75) is 26.9 Å². The number of aryl methyl sites for hydroxylation is 3. The molecule has 8 heteroatoms. The van der Waals surface area contributed by atoms with E-state index in [1.54, 1.807) is 19.9 Å². The summed E-state index contributed by atoms with van der Waals surface area (Å²) in [6.45, 7) is 5.38. The van der Waals surface area contributed by atoms with Gasteiger partial charge in [0.1, 0.15) is 11.6 Å². The SMILES string of the molecule is Cc1nc2c(-c3cc(C(F)(F)F)ccc3Cl)cc(-c3c(C)noc3C)cc2[nH]1. The number of halogens is 4. The molecule has 0 aliphatic heterocycles. The van der Waals surface area contributed by atoms with E-state index in [9.17, 15) is 13.2 Å². The van der Waals surface area contributed by atoms with E-state index in [4.69, 9.17) is 16.1 Å². The Morgan fingerprint density at radius 1 is 1.04 bits per heavy atom. The number of benzene rings is 2. The van der Waals surface area contributed by atoms with Crippen LogP contribution in [-0.2, 0) is 6.18 Å². The van der Waals surface area contributed by atoms with Gasteiger partial charge in [0.2, 0.25) is 0 Å². The van der Waals surface area contributed by atoms with Crippen LogP contribution in [0.15, 0.2) is 34.9 Å². The van der Waals surface area contributed by atoms with Crippen molar-refractivity contribution in [3.63, 3.8) is 0 Å². The van der Waals surface area contributed by atoms with Crippen LogP contribution in [0.5, 0.6) is 0 Å². The third-order valence-corrected chi connectivity index (χ3v) is 4.94. The number of aromatic nitrogens is 3. The highest BCUT2D eigenvalue weighted by Gasteiger charge is 2.31. The van der Waals surface area contributed by atoms with Crippen LogP contribution in [-0.4, -0.2) is 15.1 Å². The van der Waals surface area contributed by atoms with Crippen LogP contribution in [0.4, 0.5) is 13.2 Å². The largest absolute Gasteiger partial charge is 0.416 e. The molecule has 1 N–H and O–H groups in total. The zero-order chi connectivity index (χ0) is 20.2. The Labute approximate surface area is 163 Å². The topological polar surface area (TPSA) is 54.7 Å². The molecule has 4 nitrogen and oxygen atoms in total. The van der Waals surface area contributed by atoms with Crippen LogP contribution in [0.3, 0.4) is 0 Å². The molecule has 0 atom stereocenters. The fourth-order valence-electron chi connectivity index (χ4n) is 3.39. The molecule has 0 saturated heterocycles. The van der Waals surface area contributed by atoms with Gasteiger partial charge in [0.05, 0.1) is 22.3 Å². The van der Waals surface area contributed by atoms with Gasteiger partial charge < -0.3 is 9.51 Å². The van der Waals surface area contributed by atoms with E-state index in [0.29, 0.717) is 33.9 Å². The number of hydrogen-bond acceptors (Lipinski definition) is 3. The number of imidazole rings is 1. The molecule has 144 valence electrons. The second-order valence-electron chi connectivity index (χ2n) is 6.63. The maximum absolute atomic E-state index is 13.3. The summed E-state index contributed by atoms with van der Waals surface area (Å²) >= 11 is 6.29. The summed E-state index contributed by atoms with van der Waals surface area (Å²) in [6, 6.07) is 6.94. The lowest BCUT2D eigenvalue weighted by Crippen LogP contribution is -2.04. The van der Waals surface area contributed by atoms with Gasteiger partial charge in [-0.05, 0) is 56.7 Å². The Kier molecular flexibility index (Phi) is 4.23. The molecule has 0 aliphatic rings. The van der Waals surface area contributed by atoms with Gasteiger partial charge in [0.25, 0.3) is 0 Å². The molecule has 0 radical (unpaired) electrons. The second kappa shape index (κ2) is 6.38. The van der Waals surface area contributed by atoms with Crippen LogP contribution in [0.25, 0.3) is 33.3 Å². The van der Waals surface area contributed by atoms with E-state index in [1.165, 1.54) is 6.07 Å². The molecule has 0 saturated carbocycles. The highest BCUT2D eigenvalue weighted by molar-refractivity contribution is 6.33. The highest BCUT2D eigenvalue weighted by atomic mass is 35.5. The van der Waals surface area contributed by atoms with Crippen molar-refractivity contribution in [1.82, 2.24) is 15.1 Å². The minimum Gasteiger partial charge on any atom is -0.361 e. The molecule has 0 fully saturated rings. The minimum absolute atomic E-state index is 0.214. The van der Waals surface area contributed by atoms with E-state index >= 15 is 0 Å². The number of fused-ring (bicyclic) bond motifs is 1. The summed E-state index contributed by atoms with van der Waals surface area (Å²) in [5.41, 5.74) is 3.49. The second-order valence-corrected chi connectivity index (χ2v) is 7.04. The Hall–Kier alpha value is -2.80. The van der Waals surface area contributed by atoms with Crippen LogP contribution < -0.4 is 0 Å². The zero-order valence-electron chi connectivity index (χ0n) is 15.2. The van der Waals surface area contributed by atoms with E-state index < -0.39 is 11.7 Å². The predicted molar refractivity (Wildman–Crippen MR) is 101 cm³/mol. The first-order valence-electron chi connectivity index (χ1n) is 8.46. The maximum atomic E-state index is 13.3. The van der Waals surface area contributed by atoms with Crippen LogP contribution >= 0.6 is 11.6 Å². The molecular weight excluding hydrogens is 391 g/mol. The van der Waals surface area contributed by atoms with Gasteiger partial charge in [-0.1, -0.05) is 16.8 Å². The summed E-state index contributed by atoms with van der Waals surface area (Å²) < 4.78 is 45.0. The van der Waals surface area contributed by atoms with Crippen molar-refractivity contribution in [2.75, 3.05) is 0 Å². The quantitative estimate of drug-likeness (QED) is 0.415. The molecule has 0 aliphatic carbocycles. The number of H-pyrrole nitrogens is 1. The molecule has 4 aromatic rings. The van der Waals surface area contributed by atoms with Crippen LogP contribution in [0, 0.1) is 20.8 Å². The number of hydrogen-bond donors (Lipinski definition) is 1. The molecule has 0 unspecified atom stereocenters. The monoisotopic (exact) mass is 405 g/mol. The van der Waals surface area contributed by atoms with E-state index in [0.717, 1.165) is 23.3 Å². The van der Waals surface area contributed by atoms with E-state index in [-0.39, 0.29) is 10.6 Å². The number of alkyl halides is 3. The first kappa shape index (κ1) is 18.6. The first-order chi connectivity index (χ1) is 13.1. The fourth-order valence-corrected chi connectivity index (χ4v) is 3.61. The van der Waals surface area contributed by atoms with Gasteiger partial charge in [-0.3, -0.25) is 0 Å².